The molecule has 1 saturated carbocycles. The van der Waals surface area contributed by atoms with Crippen LogP contribution in [0.5, 0.6) is 0 Å². The first-order valence-electron chi connectivity index (χ1n) is 7.11. The zero-order chi connectivity index (χ0) is 16.5. The van der Waals surface area contributed by atoms with Crippen molar-refractivity contribution in [3.8, 4) is 0 Å². The molecule has 22 heavy (non-hydrogen) atoms. The Morgan fingerprint density at radius 2 is 2.00 bits per heavy atom. The molecule has 0 atom stereocenters. The Labute approximate surface area is 128 Å². The second-order valence-corrected chi connectivity index (χ2v) is 6.65. The number of carbonyl (C=O) groups excluding carboxylic acids is 1. The Morgan fingerprint density at radius 3 is 2.50 bits per heavy atom. The first-order chi connectivity index (χ1) is 10.1. The Morgan fingerprint density at radius 1 is 1.36 bits per heavy atom. The van der Waals surface area contributed by atoms with Crippen LogP contribution in [0.2, 0.25) is 0 Å². The van der Waals surface area contributed by atoms with Crippen LogP contribution in [0, 0.1) is 5.82 Å². The van der Waals surface area contributed by atoms with E-state index in [4.69, 9.17) is 4.74 Å². The molecular formula is C16H20FNO4. The van der Waals surface area contributed by atoms with Gasteiger partial charge in [0.15, 0.2) is 0 Å². The van der Waals surface area contributed by atoms with Crippen LogP contribution < -0.4 is 5.32 Å². The van der Waals surface area contributed by atoms with Crippen LogP contribution in [0.3, 0.4) is 0 Å². The third-order valence-corrected chi connectivity index (χ3v) is 3.70. The quantitative estimate of drug-likeness (QED) is 0.900. The van der Waals surface area contributed by atoms with Crippen LogP contribution in [0.15, 0.2) is 24.3 Å². The lowest BCUT2D eigenvalue weighted by molar-refractivity contribution is -0.148. The fourth-order valence-corrected chi connectivity index (χ4v) is 2.68. The van der Waals surface area contributed by atoms with Crippen LogP contribution in [0.25, 0.3) is 0 Å². The normalized spacial score (nSPS) is 24.3. The van der Waals surface area contributed by atoms with Crippen LogP contribution in [-0.2, 0) is 14.9 Å². The molecule has 1 aromatic carbocycles. The van der Waals surface area contributed by atoms with E-state index in [-0.39, 0.29) is 18.9 Å². The van der Waals surface area contributed by atoms with Crippen molar-refractivity contribution in [1.82, 2.24) is 5.32 Å². The Hall–Kier alpha value is -2.11. The SMILES string of the molecule is CC(C)(C)OC(=O)NC1CC(C(=O)O)(c2cccc(F)c2)C1. The van der Waals surface area contributed by atoms with Gasteiger partial charge in [-0.1, -0.05) is 12.1 Å². The fraction of sp³-hybridized carbons (Fsp3) is 0.500. The number of aliphatic carboxylic acids is 1. The molecule has 1 aromatic rings. The summed E-state index contributed by atoms with van der Waals surface area (Å²) in [5.74, 6) is -1.48. The molecule has 120 valence electrons. The molecule has 1 aliphatic carbocycles. The number of carboxylic acid groups (broad SMARTS) is 1. The first-order valence-corrected chi connectivity index (χ1v) is 7.11. The molecule has 0 aliphatic heterocycles. The zero-order valence-electron chi connectivity index (χ0n) is 12.9. The van der Waals surface area contributed by atoms with Gasteiger partial charge in [-0.3, -0.25) is 4.79 Å². The highest BCUT2D eigenvalue weighted by Gasteiger charge is 2.52. The predicted molar refractivity (Wildman–Crippen MR) is 78.1 cm³/mol. The third kappa shape index (κ3) is 3.37. The summed E-state index contributed by atoms with van der Waals surface area (Å²) in [6.07, 6.45) is -0.147. The molecule has 0 bridgehead atoms. The average Bonchev–Trinajstić information content (AvgIpc) is 2.30. The lowest BCUT2D eigenvalue weighted by Crippen LogP contribution is -2.57. The maximum absolute atomic E-state index is 13.3. The van der Waals surface area contributed by atoms with Crippen molar-refractivity contribution in [3.05, 3.63) is 35.6 Å². The topological polar surface area (TPSA) is 75.6 Å². The van der Waals surface area contributed by atoms with Gasteiger partial charge in [-0.15, -0.1) is 0 Å². The van der Waals surface area contributed by atoms with Crippen molar-refractivity contribution >= 4 is 12.1 Å². The van der Waals surface area contributed by atoms with Gasteiger partial charge in [-0.2, -0.15) is 0 Å². The van der Waals surface area contributed by atoms with Crippen molar-refractivity contribution in [2.24, 2.45) is 0 Å². The number of amides is 1. The summed E-state index contributed by atoms with van der Waals surface area (Å²) in [5, 5.41) is 12.1. The minimum atomic E-state index is -1.15. The van der Waals surface area contributed by atoms with E-state index in [9.17, 15) is 19.1 Å². The number of halogens is 1. The van der Waals surface area contributed by atoms with E-state index in [1.54, 1.807) is 26.8 Å². The van der Waals surface area contributed by atoms with Crippen molar-refractivity contribution in [3.63, 3.8) is 0 Å². The van der Waals surface area contributed by atoms with Crippen molar-refractivity contribution < 1.29 is 23.8 Å². The predicted octanol–water partition coefficient (Wildman–Crippen LogP) is 2.84. The number of hydrogen-bond donors (Lipinski definition) is 2. The van der Waals surface area contributed by atoms with Crippen molar-refractivity contribution in [1.29, 1.82) is 0 Å². The second-order valence-electron chi connectivity index (χ2n) is 6.65. The lowest BCUT2D eigenvalue weighted by Gasteiger charge is -2.44. The van der Waals surface area contributed by atoms with E-state index < -0.39 is 28.9 Å². The minimum Gasteiger partial charge on any atom is -0.481 e. The number of benzene rings is 1. The number of alkyl carbamates (subject to hydrolysis) is 1. The molecule has 2 N–H and O–H groups in total. The average molecular weight is 309 g/mol. The smallest absolute Gasteiger partial charge is 0.407 e. The Kier molecular flexibility index (Phi) is 4.13. The monoisotopic (exact) mass is 309 g/mol. The van der Waals surface area contributed by atoms with Crippen molar-refractivity contribution in [2.45, 2.75) is 50.7 Å². The van der Waals surface area contributed by atoms with Crippen LogP contribution >= 0.6 is 0 Å². The van der Waals surface area contributed by atoms with E-state index in [1.165, 1.54) is 18.2 Å². The van der Waals surface area contributed by atoms with E-state index in [1.807, 2.05) is 0 Å². The molecule has 5 nitrogen and oxygen atoms in total. The number of ether oxygens (including phenoxy) is 1. The van der Waals surface area contributed by atoms with Gasteiger partial charge >= 0.3 is 12.1 Å². The number of carbonyl (C=O) groups is 2. The Bertz CT molecular complexity index is 588. The number of hydrogen-bond acceptors (Lipinski definition) is 3. The lowest BCUT2D eigenvalue weighted by atomic mass is 9.61. The number of nitrogens with one attached hydrogen (secondary N) is 1. The summed E-state index contributed by atoms with van der Waals surface area (Å²) >= 11 is 0. The van der Waals surface area contributed by atoms with Gasteiger partial charge in [0.2, 0.25) is 0 Å². The molecule has 1 aliphatic rings. The summed E-state index contributed by atoms with van der Waals surface area (Å²) in [5.41, 5.74) is -1.34. The van der Waals surface area contributed by atoms with Gasteiger partial charge in [0.1, 0.15) is 11.4 Å². The van der Waals surface area contributed by atoms with E-state index in [0.717, 1.165) is 0 Å². The minimum absolute atomic E-state index is 0.213. The van der Waals surface area contributed by atoms with Gasteiger partial charge < -0.3 is 15.2 Å². The zero-order valence-corrected chi connectivity index (χ0v) is 12.9. The summed E-state index contributed by atoms with van der Waals surface area (Å²) in [7, 11) is 0. The molecule has 0 unspecified atom stereocenters. The summed E-state index contributed by atoms with van der Waals surface area (Å²) < 4.78 is 18.5. The molecule has 2 rings (SSSR count). The van der Waals surface area contributed by atoms with Gasteiger partial charge in [-0.25, -0.2) is 9.18 Å². The Balaban J connectivity index is 2.04. The summed E-state index contributed by atoms with van der Waals surface area (Å²) in [6, 6.07) is 5.30. The van der Waals surface area contributed by atoms with Gasteiger partial charge in [0, 0.05) is 6.04 Å². The maximum atomic E-state index is 13.3. The molecule has 6 heteroatoms. The molecule has 1 amide bonds. The molecule has 0 radical (unpaired) electrons. The van der Waals surface area contributed by atoms with E-state index in [2.05, 4.69) is 5.32 Å². The molecule has 0 heterocycles. The van der Waals surface area contributed by atoms with E-state index >= 15 is 0 Å². The van der Waals surface area contributed by atoms with Gasteiger partial charge in [-0.05, 0) is 51.3 Å². The van der Waals surface area contributed by atoms with Crippen LogP contribution in [-0.4, -0.2) is 28.8 Å². The van der Waals surface area contributed by atoms with Gasteiger partial charge in [0.05, 0.1) is 5.41 Å². The molecule has 1 fully saturated rings. The number of carboxylic acids is 1. The second kappa shape index (κ2) is 5.59. The van der Waals surface area contributed by atoms with Crippen LogP contribution in [0.1, 0.15) is 39.2 Å². The summed E-state index contributed by atoms with van der Waals surface area (Å²) in [4.78, 5) is 23.3. The van der Waals surface area contributed by atoms with Crippen LogP contribution in [0.4, 0.5) is 9.18 Å². The standard InChI is InChI=1S/C16H20FNO4/c1-15(2,3)22-14(21)18-12-8-16(9-12,13(19)20)10-5-4-6-11(17)7-10/h4-7,12H,8-9H2,1-3H3,(H,18,21)(H,19,20). The van der Waals surface area contributed by atoms with Gasteiger partial charge in [0.25, 0.3) is 0 Å². The molecular weight excluding hydrogens is 289 g/mol. The highest BCUT2D eigenvalue weighted by atomic mass is 19.1. The fourth-order valence-electron chi connectivity index (χ4n) is 2.68. The largest absolute Gasteiger partial charge is 0.481 e. The molecule has 0 saturated heterocycles. The molecule has 0 spiro atoms. The highest BCUT2D eigenvalue weighted by molar-refractivity contribution is 5.83. The maximum Gasteiger partial charge on any atom is 0.407 e. The molecule has 0 aromatic heterocycles. The first kappa shape index (κ1) is 16.3. The number of rotatable bonds is 3. The highest BCUT2D eigenvalue weighted by Crippen LogP contribution is 2.44. The van der Waals surface area contributed by atoms with E-state index in [0.29, 0.717) is 5.56 Å². The summed E-state index contributed by atoms with van der Waals surface area (Å²) in [6.45, 7) is 5.25. The van der Waals surface area contributed by atoms with Crippen molar-refractivity contribution in [2.75, 3.05) is 0 Å². The third-order valence-electron chi connectivity index (χ3n) is 3.70.